The molecule has 6 heteroatoms. The summed E-state index contributed by atoms with van der Waals surface area (Å²) in [6.45, 7) is -0.865. The van der Waals surface area contributed by atoms with Gasteiger partial charge in [0.15, 0.2) is 0 Å². The molecule has 0 saturated carbocycles. The van der Waals surface area contributed by atoms with Gasteiger partial charge in [0.2, 0.25) is 5.91 Å². The van der Waals surface area contributed by atoms with Crippen molar-refractivity contribution < 1.29 is 19.1 Å². The predicted octanol–water partition coefficient (Wildman–Crippen LogP) is 3.39. The Balaban J connectivity index is 1.97. The maximum atomic E-state index is 13.9. The SMILES string of the molecule is O=C(O)C1CSCN1C(=O)C(CF)c1ccccc1-c1ccccc1. The van der Waals surface area contributed by atoms with E-state index in [0.29, 0.717) is 11.3 Å². The van der Waals surface area contributed by atoms with E-state index >= 15 is 0 Å². The smallest absolute Gasteiger partial charge is 0.327 e. The zero-order valence-electron chi connectivity index (χ0n) is 13.5. The fourth-order valence-corrected chi connectivity index (χ4v) is 4.18. The number of carboxylic acid groups (broad SMARTS) is 1. The maximum absolute atomic E-state index is 13.9. The Morgan fingerprint density at radius 2 is 1.84 bits per heavy atom. The lowest BCUT2D eigenvalue weighted by Gasteiger charge is -2.26. The van der Waals surface area contributed by atoms with Gasteiger partial charge in [0.25, 0.3) is 0 Å². The van der Waals surface area contributed by atoms with Crippen molar-refractivity contribution in [2.45, 2.75) is 12.0 Å². The average molecular weight is 359 g/mol. The van der Waals surface area contributed by atoms with Crippen LogP contribution in [0.4, 0.5) is 4.39 Å². The molecule has 1 aliphatic rings. The van der Waals surface area contributed by atoms with Crippen LogP contribution < -0.4 is 0 Å². The number of thioether (sulfide) groups is 1. The van der Waals surface area contributed by atoms with Crippen LogP contribution in [0.2, 0.25) is 0 Å². The Morgan fingerprint density at radius 3 is 2.52 bits per heavy atom. The van der Waals surface area contributed by atoms with Crippen LogP contribution in [0, 0.1) is 0 Å². The number of amides is 1. The number of hydrogen-bond acceptors (Lipinski definition) is 3. The number of carboxylic acids is 1. The first-order chi connectivity index (χ1) is 12.1. The summed E-state index contributed by atoms with van der Waals surface area (Å²) in [6, 6.07) is 15.8. The molecule has 1 fully saturated rings. The number of hydrogen-bond donors (Lipinski definition) is 1. The van der Waals surface area contributed by atoms with Crippen molar-refractivity contribution in [3.8, 4) is 11.1 Å². The standard InChI is InChI=1S/C19H18FNO3S/c20-10-16(18(22)21-12-25-11-17(21)19(23)24)15-9-5-4-8-14(15)13-6-2-1-3-7-13/h1-9,16-17H,10-12H2,(H,23,24). The zero-order valence-corrected chi connectivity index (χ0v) is 14.3. The van der Waals surface area contributed by atoms with Gasteiger partial charge >= 0.3 is 5.97 Å². The molecule has 25 heavy (non-hydrogen) atoms. The maximum Gasteiger partial charge on any atom is 0.327 e. The minimum atomic E-state index is -1.05. The monoisotopic (exact) mass is 359 g/mol. The quantitative estimate of drug-likeness (QED) is 0.889. The van der Waals surface area contributed by atoms with Gasteiger partial charge in [-0.15, -0.1) is 11.8 Å². The van der Waals surface area contributed by atoms with Crippen LogP contribution in [0.1, 0.15) is 11.5 Å². The summed E-state index contributed by atoms with van der Waals surface area (Å²) in [5, 5.41) is 9.29. The number of carbonyl (C=O) groups excluding carboxylic acids is 1. The second-order valence-electron chi connectivity index (χ2n) is 5.82. The van der Waals surface area contributed by atoms with E-state index in [4.69, 9.17) is 0 Å². The van der Waals surface area contributed by atoms with Crippen LogP contribution in [-0.2, 0) is 9.59 Å². The fourth-order valence-electron chi connectivity index (χ4n) is 3.03. The average Bonchev–Trinajstić information content (AvgIpc) is 3.13. The predicted molar refractivity (Wildman–Crippen MR) is 96.2 cm³/mol. The molecule has 0 aromatic heterocycles. The summed E-state index contributed by atoms with van der Waals surface area (Å²) in [5.41, 5.74) is 2.27. The number of rotatable bonds is 5. The highest BCUT2D eigenvalue weighted by molar-refractivity contribution is 7.99. The van der Waals surface area contributed by atoms with Crippen molar-refractivity contribution >= 4 is 23.6 Å². The molecule has 130 valence electrons. The van der Waals surface area contributed by atoms with Crippen molar-refractivity contribution in [2.24, 2.45) is 0 Å². The van der Waals surface area contributed by atoms with Gasteiger partial charge in [-0.05, 0) is 16.7 Å². The summed E-state index contributed by atoms with van der Waals surface area (Å²) in [6.07, 6.45) is 0. The van der Waals surface area contributed by atoms with Gasteiger partial charge in [-0.1, -0.05) is 54.6 Å². The van der Waals surface area contributed by atoms with E-state index in [1.165, 1.54) is 16.7 Å². The third-order valence-electron chi connectivity index (χ3n) is 4.32. The molecular weight excluding hydrogens is 341 g/mol. The second kappa shape index (κ2) is 7.70. The molecular formula is C19H18FNO3S. The summed E-state index contributed by atoms with van der Waals surface area (Å²) in [4.78, 5) is 25.5. The van der Waals surface area contributed by atoms with Crippen LogP contribution in [-0.4, -0.2) is 46.2 Å². The first kappa shape index (κ1) is 17.5. The highest BCUT2D eigenvalue weighted by Crippen LogP contribution is 2.33. The number of halogens is 1. The third-order valence-corrected chi connectivity index (χ3v) is 5.34. The van der Waals surface area contributed by atoms with E-state index in [2.05, 4.69) is 0 Å². The highest BCUT2D eigenvalue weighted by Gasteiger charge is 2.38. The molecule has 2 atom stereocenters. The minimum Gasteiger partial charge on any atom is -0.480 e. The molecule has 1 aliphatic heterocycles. The molecule has 2 aromatic carbocycles. The van der Waals surface area contributed by atoms with Crippen molar-refractivity contribution in [1.82, 2.24) is 4.90 Å². The minimum absolute atomic E-state index is 0.278. The molecule has 4 nitrogen and oxygen atoms in total. The van der Waals surface area contributed by atoms with Crippen LogP contribution >= 0.6 is 11.8 Å². The van der Waals surface area contributed by atoms with Crippen molar-refractivity contribution in [2.75, 3.05) is 18.3 Å². The molecule has 0 radical (unpaired) electrons. The van der Waals surface area contributed by atoms with E-state index < -0.39 is 30.5 Å². The topological polar surface area (TPSA) is 57.6 Å². The van der Waals surface area contributed by atoms with Gasteiger partial charge in [0.1, 0.15) is 12.7 Å². The normalized spacial score (nSPS) is 18.1. The van der Waals surface area contributed by atoms with E-state index in [1.807, 2.05) is 42.5 Å². The molecule has 2 unspecified atom stereocenters. The molecule has 1 saturated heterocycles. The molecule has 0 bridgehead atoms. The van der Waals surface area contributed by atoms with Crippen LogP contribution in [0.5, 0.6) is 0 Å². The summed E-state index contributed by atoms with van der Waals surface area (Å²) >= 11 is 1.37. The van der Waals surface area contributed by atoms with Gasteiger partial charge in [0, 0.05) is 5.75 Å². The number of carbonyl (C=O) groups is 2. The van der Waals surface area contributed by atoms with Gasteiger partial charge in [0.05, 0.1) is 11.8 Å². The van der Waals surface area contributed by atoms with E-state index in [1.54, 1.807) is 12.1 Å². The first-order valence-electron chi connectivity index (χ1n) is 7.95. The lowest BCUT2D eigenvalue weighted by molar-refractivity contribution is -0.148. The van der Waals surface area contributed by atoms with Crippen molar-refractivity contribution in [3.63, 3.8) is 0 Å². The Kier molecular flexibility index (Phi) is 5.38. The largest absolute Gasteiger partial charge is 0.480 e. The Hall–Kier alpha value is -2.34. The first-order valence-corrected chi connectivity index (χ1v) is 9.10. The van der Waals surface area contributed by atoms with Gasteiger partial charge < -0.3 is 10.0 Å². The zero-order chi connectivity index (χ0) is 17.8. The van der Waals surface area contributed by atoms with Gasteiger partial charge in [-0.25, -0.2) is 9.18 Å². The van der Waals surface area contributed by atoms with Gasteiger partial charge in [-0.2, -0.15) is 0 Å². The molecule has 0 aliphatic carbocycles. The molecule has 1 N–H and O–H groups in total. The third kappa shape index (κ3) is 3.54. The summed E-state index contributed by atoms with van der Waals surface area (Å²) in [5.74, 6) is -1.91. The Morgan fingerprint density at radius 1 is 1.16 bits per heavy atom. The molecule has 1 amide bonds. The summed E-state index contributed by atoms with van der Waals surface area (Å²) < 4.78 is 13.9. The number of nitrogens with zero attached hydrogens (tertiary/aromatic N) is 1. The van der Waals surface area contributed by atoms with E-state index in [0.717, 1.165) is 11.1 Å². The fraction of sp³-hybridized carbons (Fsp3) is 0.263. The van der Waals surface area contributed by atoms with Crippen LogP contribution in [0.25, 0.3) is 11.1 Å². The van der Waals surface area contributed by atoms with Gasteiger partial charge in [-0.3, -0.25) is 4.79 Å². The van der Waals surface area contributed by atoms with E-state index in [-0.39, 0.29) is 5.88 Å². The number of benzene rings is 2. The Labute approximate surface area is 149 Å². The van der Waals surface area contributed by atoms with Crippen LogP contribution in [0.3, 0.4) is 0 Å². The number of aliphatic carboxylic acids is 1. The second-order valence-corrected chi connectivity index (χ2v) is 6.82. The van der Waals surface area contributed by atoms with E-state index in [9.17, 15) is 19.1 Å². The lowest BCUT2D eigenvalue weighted by atomic mass is 9.90. The molecule has 3 rings (SSSR count). The molecule has 0 spiro atoms. The van der Waals surface area contributed by atoms with Crippen molar-refractivity contribution in [3.05, 3.63) is 60.2 Å². The number of alkyl halides is 1. The lowest BCUT2D eigenvalue weighted by Crippen LogP contribution is -2.44. The Bertz CT molecular complexity index is 768. The summed E-state index contributed by atoms with van der Waals surface area (Å²) in [7, 11) is 0. The van der Waals surface area contributed by atoms with Crippen LogP contribution in [0.15, 0.2) is 54.6 Å². The van der Waals surface area contributed by atoms with Crippen molar-refractivity contribution in [1.29, 1.82) is 0 Å². The highest BCUT2D eigenvalue weighted by atomic mass is 32.2. The molecule has 1 heterocycles. The molecule has 2 aromatic rings.